The molecular formula is C26H28F2IN3O4. The third-order valence-corrected chi connectivity index (χ3v) is 7.02. The monoisotopic (exact) mass is 611 g/mol. The Balaban J connectivity index is 1.95. The molecule has 7 nitrogen and oxygen atoms in total. The number of benzene rings is 2. The summed E-state index contributed by atoms with van der Waals surface area (Å²) in [7, 11) is 1.38. The van der Waals surface area contributed by atoms with Crippen molar-refractivity contribution in [1.82, 2.24) is 10.6 Å². The summed E-state index contributed by atoms with van der Waals surface area (Å²) >= 11 is 2.19. The van der Waals surface area contributed by atoms with Crippen molar-refractivity contribution in [2.24, 2.45) is 17.1 Å². The van der Waals surface area contributed by atoms with Crippen LogP contribution in [0, 0.1) is 26.5 Å². The number of nitrogens with one attached hydrogen (secondary N) is 2. The summed E-state index contributed by atoms with van der Waals surface area (Å²) in [5.41, 5.74) is 5.34. The van der Waals surface area contributed by atoms with Crippen LogP contribution in [0.2, 0.25) is 0 Å². The summed E-state index contributed by atoms with van der Waals surface area (Å²) in [5, 5.41) is 27.1. The van der Waals surface area contributed by atoms with Gasteiger partial charge in [-0.3, -0.25) is 9.59 Å². The first-order valence-electron chi connectivity index (χ1n) is 11.3. The number of hydrogen-bond donors (Lipinski definition) is 5. The standard InChI is InChI=1S/C26H28F2IN3O4/c1-31-24(35)20-12-26(25(30)36,6-5-22(20)33)21(10-16-7-17(27)11-18(28)8-16)23(34)14-32-13-15-3-2-4-19(29)9-15/h2-9,11,21,23,32-34H,10,12-14H2,1H3,(H2,30,36)(H,31,35)/t21-,23+,26?/m1/s1. The molecule has 10 heteroatoms. The maximum atomic E-state index is 13.9. The summed E-state index contributed by atoms with van der Waals surface area (Å²) in [5.74, 6) is -4.36. The van der Waals surface area contributed by atoms with Gasteiger partial charge < -0.3 is 26.6 Å². The van der Waals surface area contributed by atoms with Gasteiger partial charge in [0, 0.05) is 35.7 Å². The maximum Gasteiger partial charge on any atom is 0.250 e. The Morgan fingerprint density at radius 1 is 1.17 bits per heavy atom. The van der Waals surface area contributed by atoms with Crippen LogP contribution < -0.4 is 16.4 Å². The number of primary amides is 1. The van der Waals surface area contributed by atoms with Crippen molar-refractivity contribution in [3.63, 3.8) is 0 Å². The molecule has 1 aliphatic rings. The topological polar surface area (TPSA) is 125 Å². The Labute approximate surface area is 221 Å². The number of nitrogens with two attached hydrogens (primary N) is 1. The molecule has 6 N–H and O–H groups in total. The zero-order valence-corrected chi connectivity index (χ0v) is 21.8. The second-order valence-corrected chi connectivity index (χ2v) is 10.0. The molecule has 0 aromatic heterocycles. The highest BCUT2D eigenvalue weighted by Crippen LogP contribution is 2.43. The molecule has 36 heavy (non-hydrogen) atoms. The minimum Gasteiger partial charge on any atom is -0.507 e. The Morgan fingerprint density at radius 2 is 1.86 bits per heavy atom. The lowest BCUT2D eigenvalue weighted by Gasteiger charge is -2.41. The van der Waals surface area contributed by atoms with E-state index < -0.39 is 40.9 Å². The molecule has 0 spiro atoms. The molecule has 2 aromatic carbocycles. The predicted molar refractivity (Wildman–Crippen MR) is 140 cm³/mol. The molecule has 2 aromatic rings. The minimum absolute atomic E-state index is 0.0296. The van der Waals surface area contributed by atoms with E-state index in [1.807, 2.05) is 24.3 Å². The molecule has 2 amide bonds. The zero-order chi connectivity index (χ0) is 26.5. The van der Waals surface area contributed by atoms with Crippen LogP contribution in [0.25, 0.3) is 0 Å². The van der Waals surface area contributed by atoms with E-state index in [-0.39, 0.29) is 36.3 Å². The highest BCUT2D eigenvalue weighted by molar-refractivity contribution is 14.1. The molecule has 0 saturated carbocycles. The van der Waals surface area contributed by atoms with Crippen LogP contribution in [-0.2, 0) is 22.6 Å². The van der Waals surface area contributed by atoms with Crippen molar-refractivity contribution in [3.05, 3.63) is 92.3 Å². The lowest BCUT2D eigenvalue weighted by atomic mass is 9.64. The Kier molecular flexibility index (Phi) is 9.20. The van der Waals surface area contributed by atoms with Gasteiger partial charge in [-0.2, -0.15) is 0 Å². The molecule has 192 valence electrons. The van der Waals surface area contributed by atoms with Crippen LogP contribution in [-0.4, -0.2) is 41.7 Å². The van der Waals surface area contributed by atoms with Gasteiger partial charge in [-0.1, -0.05) is 18.2 Å². The summed E-state index contributed by atoms with van der Waals surface area (Å²) < 4.78 is 28.9. The van der Waals surface area contributed by atoms with Crippen molar-refractivity contribution >= 4 is 34.4 Å². The first-order chi connectivity index (χ1) is 17.1. The van der Waals surface area contributed by atoms with Crippen LogP contribution in [0.1, 0.15) is 17.5 Å². The number of carbonyl (C=O) groups excluding carboxylic acids is 2. The molecule has 3 atom stereocenters. The average Bonchev–Trinajstić information content (AvgIpc) is 2.82. The first-order valence-corrected chi connectivity index (χ1v) is 12.3. The van der Waals surface area contributed by atoms with Crippen molar-refractivity contribution in [1.29, 1.82) is 0 Å². The summed E-state index contributed by atoms with van der Waals surface area (Å²) in [4.78, 5) is 25.3. The number of amides is 2. The van der Waals surface area contributed by atoms with Gasteiger partial charge in [-0.25, -0.2) is 8.78 Å². The Bertz CT molecular complexity index is 1180. The van der Waals surface area contributed by atoms with E-state index in [2.05, 4.69) is 33.2 Å². The number of carbonyl (C=O) groups is 2. The van der Waals surface area contributed by atoms with Crippen LogP contribution in [0.5, 0.6) is 0 Å². The quantitative estimate of drug-likeness (QED) is 0.265. The number of rotatable bonds is 10. The molecule has 3 rings (SSSR count). The molecule has 0 heterocycles. The van der Waals surface area contributed by atoms with Crippen LogP contribution >= 0.6 is 22.6 Å². The van der Waals surface area contributed by atoms with E-state index in [1.165, 1.54) is 19.2 Å². The van der Waals surface area contributed by atoms with Crippen LogP contribution in [0.4, 0.5) is 8.78 Å². The van der Waals surface area contributed by atoms with Gasteiger partial charge in [0.05, 0.1) is 17.1 Å². The third-order valence-electron chi connectivity index (χ3n) is 6.35. The number of hydrogen-bond acceptors (Lipinski definition) is 5. The van der Waals surface area contributed by atoms with E-state index in [4.69, 9.17) is 5.73 Å². The second kappa shape index (κ2) is 11.9. The van der Waals surface area contributed by atoms with E-state index in [1.54, 1.807) is 0 Å². The predicted octanol–water partition coefficient (Wildman–Crippen LogP) is 2.87. The van der Waals surface area contributed by atoms with Crippen molar-refractivity contribution in [2.45, 2.75) is 25.5 Å². The normalized spacial score (nSPS) is 19.1. The van der Waals surface area contributed by atoms with Gasteiger partial charge in [0.2, 0.25) is 5.91 Å². The highest BCUT2D eigenvalue weighted by atomic mass is 127. The molecular weight excluding hydrogens is 583 g/mol. The average molecular weight is 611 g/mol. The summed E-state index contributed by atoms with van der Waals surface area (Å²) in [6.45, 7) is 0.459. The Morgan fingerprint density at radius 3 is 2.47 bits per heavy atom. The second-order valence-electron chi connectivity index (χ2n) is 8.77. The third kappa shape index (κ3) is 6.48. The van der Waals surface area contributed by atoms with Crippen molar-refractivity contribution in [2.75, 3.05) is 13.6 Å². The molecule has 0 aliphatic heterocycles. The van der Waals surface area contributed by atoms with E-state index >= 15 is 0 Å². The molecule has 0 bridgehead atoms. The summed E-state index contributed by atoms with van der Waals surface area (Å²) in [6, 6.07) is 10.7. The van der Waals surface area contributed by atoms with Gasteiger partial charge in [-0.15, -0.1) is 0 Å². The fourth-order valence-corrected chi connectivity index (χ4v) is 5.13. The Hall–Kier alpha value is -2.83. The molecule has 1 unspecified atom stereocenters. The van der Waals surface area contributed by atoms with Crippen molar-refractivity contribution < 1.29 is 28.6 Å². The maximum absolute atomic E-state index is 13.9. The summed E-state index contributed by atoms with van der Waals surface area (Å²) in [6.07, 6.45) is 0.948. The van der Waals surface area contributed by atoms with E-state index in [0.29, 0.717) is 6.54 Å². The lowest BCUT2D eigenvalue weighted by molar-refractivity contribution is -0.131. The minimum atomic E-state index is -1.61. The largest absolute Gasteiger partial charge is 0.507 e. The highest BCUT2D eigenvalue weighted by Gasteiger charge is 2.48. The molecule has 0 saturated heterocycles. The van der Waals surface area contributed by atoms with Gasteiger partial charge in [-0.05, 0) is 76.9 Å². The SMILES string of the molecule is CNC(=O)C1=C(O)C=CC(C(N)=O)([C@H](Cc2cc(F)cc(F)c2)[C@@H](O)CNCc2cccc(I)c2)C1. The fraction of sp³-hybridized carbons (Fsp3) is 0.308. The molecule has 0 radical (unpaired) electrons. The fourth-order valence-electron chi connectivity index (χ4n) is 4.52. The van der Waals surface area contributed by atoms with Gasteiger partial charge >= 0.3 is 0 Å². The van der Waals surface area contributed by atoms with Crippen LogP contribution in [0.15, 0.2) is 65.9 Å². The number of allylic oxidation sites excluding steroid dienone is 1. The smallest absolute Gasteiger partial charge is 0.250 e. The number of likely N-dealkylation sites (N-methyl/N-ethyl adjacent to an activating group) is 1. The lowest BCUT2D eigenvalue weighted by Crippen LogP contribution is -2.51. The van der Waals surface area contributed by atoms with Gasteiger partial charge in [0.1, 0.15) is 17.4 Å². The zero-order valence-electron chi connectivity index (χ0n) is 19.6. The van der Waals surface area contributed by atoms with E-state index in [9.17, 15) is 28.6 Å². The molecule has 0 fully saturated rings. The number of aliphatic hydroxyl groups excluding tert-OH is 2. The van der Waals surface area contributed by atoms with Gasteiger partial charge in [0.25, 0.3) is 5.91 Å². The first kappa shape index (κ1) is 27.8. The molecule has 1 aliphatic carbocycles. The number of aliphatic hydroxyl groups is 2. The van der Waals surface area contributed by atoms with E-state index in [0.717, 1.165) is 27.3 Å². The van der Waals surface area contributed by atoms with Crippen LogP contribution in [0.3, 0.4) is 0 Å². The van der Waals surface area contributed by atoms with Gasteiger partial charge in [0.15, 0.2) is 0 Å². The number of halogens is 3. The van der Waals surface area contributed by atoms with Crippen molar-refractivity contribution in [3.8, 4) is 0 Å².